The molecule has 0 heterocycles. The van der Waals surface area contributed by atoms with E-state index >= 15 is 0 Å². The molecule has 0 bridgehead atoms. The zero-order chi connectivity index (χ0) is 22.4. The van der Waals surface area contributed by atoms with Crippen LogP contribution in [-0.4, -0.2) is 47.8 Å². The van der Waals surface area contributed by atoms with Gasteiger partial charge in [0.05, 0.1) is 0 Å². The van der Waals surface area contributed by atoms with Crippen LogP contribution in [0.4, 0.5) is 0 Å². The van der Waals surface area contributed by atoms with Gasteiger partial charge < -0.3 is 20.2 Å². The number of Topliss-reactive ketones (excluding diaryl/α,β-unsaturated/α-hetero) is 1. The average Bonchev–Trinajstić information content (AvgIpc) is 2.68. The lowest BCUT2D eigenvalue weighted by molar-refractivity contribution is -0.174. The second-order valence-corrected chi connectivity index (χ2v) is 9.10. The molecule has 0 saturated heterocycles. The van der Waals surface area contributed by atoms with Crippen molar-refractivity contribution >= 4 is 29.3 Å². The molecule has 0 spiro atoms. The van der Waals surface area contributed by atoms with E-state index in [-0.39, 0.29) is 17.7 Å². The second kappa shape index (κ2) is 10.4. The highest BCUT2D eigenvalue weighted by atomic mass is 35.5. The minimum atomic E-state index is -1.25. The van der Waals surface area contributed by atoms with Gasteiger partial charge in [-0.25, -0.2) is 0 Å². The molecular weight excluding hydrogens is 404 g/mol. The quantitative estimate of drug-likeness (QED) is 0.446. The molecule has 1 saturated carbocycles. The fourth-order valence-corrected chi connectivity index (χ4v) is 4.32. The Balaban J connectivity index is 2.04. The Kier molecular flexibility index (Phi) is 8.44. The molecule has 1 aliphatic carbocycles. The number of nitrogens with two attached hydrogens (primary N) is 1. The Labute approximate surface area is 184 Å². The highest BCUT2D eigenvalue weighted by molar-refractivity contribution is 6.30. The first kappa shape index (κ1) is 24.4. The lowest BCUT2D eigenvalue weighted by Gasteiger charge is -2.48. The highest BCUT2D eigenvalue weighted by Gasteiger charge is 2.49. The second-order valence-electron chi connectivity index (χ2n) is 8.66. The Hall–Kier alpha value is -1.92. The molecule has 0 aliphatic heterocycles. The number of ketones is 1. The molecule has 1 aliphatic rings. The molecule has 2 rings (SSSR count). The number of hydrogen-bond acceptors (Lipinski definition) is 5. The number of benzene rings is 1. The van der Waals surface area contributed by atoms with Crippen LogP contribution in [0.25, 0.3) is 0 Å². The Morgan fingerprint density at radius 3 is 2.10 bits per heavy atom. The SMILES string of the molecule is CC(=O)CCCCC(=O)OC1(C(N)=O)CCC(Cc2ccc(Cl)cc2)(N(C)C)CC1. The molecule has 0 radical (unpaired) electrons. The monoisotopic (exact) mass is 436 g/mol. The predicted molar refractivity (Wildman–Crippen MR) is 117 cm³/mol. The first-order chi connectivity index (χ1) is 14.1. The summed E-state index contributed by atoms with van der Waals surface area (Å²) in [4.78, 5) is 37.8. The van der Waals surface area contributed by atoms with Gasteiger partial charge in [0.15, 0.2) is 5.60 Å². The third-order valence-corrected chi connectivity index (χ3v) is 6.55. The summed E-state index contributed by atoms with van der Waals surface area (Å²) in [6.07, 6.45) is 4.80. The number of primary amides is 1. The number of likely N-dealkylation sites (N-methyl/N-ethyl adjacent to an activating group) is 1. The Bertz CT molecular complexity index is 753. The minimum Gasteiger partial charge on any atom is -0.449 e. The zero-order valence-electron chi connectivity index (χ0n) is 18.2. The van der Waals surface area contributed by atoms with E-state index in [9.17, 15) is 14.4 Å². The third kappa shape index (κ3) is 6.29. The van der Waals surface area contributed by atoms with Crippen LogP contribution in [0.5, 0.6) is 0 Å². The molecule has 1 aromatic carbocycles. The number of esters is 1. The molecule has 166 valence electrons. The zero-order valence-corrected chi connectivity index (χ0v) is 19.0. The molecule has 7 heteroatoms. The van der Waals surface area contributed by atoms with E-state index in [2.05, 4.69) is 4.90 Å². The molecule has 1 amide bonds. The number of carbonyl (C=O) groups excluding carboxylic acids is 3. The van der Waals surface area contributed by atoms with Crippen molar-refractivity contribution in [1.82, 2.24) is 4.90 Å². The third-order valence-electron chi connectivity index (χ3n) is 6.30. The van der Waals surface area contributed by atoms with Crippen molar-refractivity contribution < 1.29 is 19.1 Å². The number of hydrogen-bond donors (Lipinski definition) is 1. The van der Waals surface area contributed by atoms with Gasteiger partial charge in [-0.15, -0.1) is 0 Å². The number of amides is 1. The molecule has 0 unspecified atom stereocenters. The molecule has 1 aromatic rings. The maximum absolute atomic E-state index is 12.3. The molecular formula is C23H33ClN2O4. The fraction of sp³-hybridized carbons (Fsp3) is 0.609. The van der Waals surface area contributed by atoms with Crippen molar-refractivity contribution in [2.45, 2.75) is 75.9 Å². The van der Waals surface area contributed by atoms with Gasteiger partial charge in [-0.1, -0.05) is 23.7 Å². The van der Waals surface area contributed by atoms with Gasteiger partial charge in [-0.3, -0.25) is 9.59 Å². The summed E-state index contributed by atoms with van der Waals surface area (Å²) < 4.78 is 5.65. The predicted octanol–water partition coefficient (Wildman–Crippen LogP) is 3.67. The lowest BCUT2D eigenvalue weighted by atomic mass is 9.70. The van der Waals surface area contributed by atoms with Crippen molar-refractivity contribution in [3.63, 3.8) is 0 Å². The normalized spacial score (nSPS) is 23.9. The van der Waals surface area contributed by atoms with Crippen LogP contribution in [0.1, 0.15) is 63.9 Å². The smallest absolute Gasteiger partial charge is 0.306 e. The molecule has 0 atom stereocenters. The van der Waals surface area contributed by atoms with Gasteiger partial charge in [0.25, 0.3) is 5.91 Å². The first-order valence-corrected chi connectivity index (χ1v) is 10.9. The van der Waals surface area contributed by atoms with E-state index in [1.54, 1.807) is 0 Å². The van der Waals surface area contributed by atoms with Gasteiger partial charge in [0.1, 0.15) is 5.78 Å². The molecule has 2 N–H and O–H groups in total. The Morgan fingerprint density at radius 2 is 1.60 bits per heavy atom. The van der Waals surface area contributed by atoms with Crippen LogP contribution in [0.2, 0.25) is 5.02 Å². The van der Waals surface area contributed by atoms with E-state index in [1.807, 2.05) is 38.4 Å². The van der Waals surface area contributed by atoms with Crippen LogP contribution in [0.15, 0.2) is 24.3 Å². The maximum atomic E-state index is 12.3. The summed E-state index contributed by atoms with van der Waals surface area (Å²) in [5.74, 6) is -0.907. The minimum absolute atomic E-state index is 0.102. The average molecular weight is 437 g/mol. The van der Waals surface area contributed by atoms with Gasteiger partial charge in [-0.2, -0.15) is 0 Å². The van der Waals surface area contributed by atoms with E-state index in [0.29, 0.717) is 50.0 Å². The van der Waals surface area contributed by atoms with E-state index in [0.717, 1.165) is 6.42 Å². The molecule has 1 fully saturated rings. The van der Waals surface area contributed by atoms with Gasteiger partial charge >= 0.3 is 5.97 Å². The van der Waals surface area contributed by atoms with Crippen LogP contribution in [0, 0.1) is 0 Å². The summed E-state index contributed by atoms with van der Waals surface area (Å²) >= 11 is 6.01. The summed E-state index contributed by atoms with van der Waals surface area (Å²) in [7, 11) is 4.07. The van der Waals surface area contributed by atoms with Gasteiger partial charge in [0.2, 0.25) is 0 Å². The number of ether oxygens (including phenoxy) is 1. The summed E-state index contributed by atoms with van der Waals surface area (Å²) in [5, 5.41) is 0.698. The fourth-order valence-electron chi connectivity index (χ4n) is 4.19. The number of halogens is 1. The number of nitrogens with zero attached hydrogens (tertiary/aromatic N) is 1. The van der Waals surface area contributed by atoms with Crippen LogP contribution < -0.4 is 5.73 Å². The maximum Gasteiger partial charge on any atom is 0.306 e. The summed E-state index contributed by atoms with van der Waals surface area (Å²) in [6, 6.07) is 7.80. The van der Waals surface area contributed by atoms with Crippen LogP contribution >= 0.6 is 11.6 Å². The first-order valence-electron chi connectivity index (χ1n) is 10.5. The van der Waals surface area contributed by atoms with E-state index < -0.39 is 17.5 Å². The number of unbranched alkanes of at least 4 members (excludes halogenated alkanes) is 1. The van der Waals surface area contributed by atoms with Crippen molar-refractivity contribution in [1.29, 1.82) is 0 Å². The van der Waals surface area contributed by atoms with Crippen molar-refractivity contribution in [2.75, 3.05) is 14.1 Å². The van der Waals surface area contributed by atoms with Crippen LogP contribution in [-0.2, 0) is 25.5 Å². The molecule has 6 nitrogen and oxygen atoms in total. The molecule has 30 heavy (non-hydrogen) atoms. The number of carbonyl (C=O) groups is 3. The largest absolute Gasteiger partial charge is 0.449 e. The Morgan fingerprint density at radius 1 is 1.03 bits per heavy atom. The van der Waals surface area contributed by atoms with Crippen molar-refractivity contribution in [2.24, 2.45) is 5.73 Å². The van der Waals surface area contributed by atoms with Gasteiger partial charge in [0, 0.05) is 23.4 Å². The van der Waals surface area contributed by atoms with Crippen LogP contribution in [0.3, 0.4) is 0 Å². The lowest BCUT2D eigenvalue weighted by Crippen LogP contribution is -2.57. The van der Waals surface area contributed by atoms with Crippen molar-refractivity contribution in [3.8, 4) is 0 Å². The standard InChI is InChI=1S/C23H33ClN2O4/c1-17(27)6-4-5-7-20(28)30-23(21(25)29)14-12-22(13-15-23,26(2)3)16-18-8-10-19(24)11-9-18/h8-11H,4-7,12-16H2,1-3H3,(H2,25,29). The van der Waals surface area contributed by atoms with Crippen molar-refractivity contribution in [3.05, 3.63) is 34.9 Å². The summed E-state index contributed by atoms with van der Waals surface area (Å²) in [6.45, 7) is 1.53. The van der Waals surface area contributed by atoms with Gasteiger partial charge in [-0.05, 0) is 83.7 Å². The number of rotatable bonds is 10. The van der Waals surface area contributed by atoms with E-state index in [1.165, 1.54) is 12.5 Å². The van der Waals surface area contributed by atoms with E-state index in [4.69, 9.17) is 22.1 Å². The molecule has 0 aromatic heterocycles. The highest BCUT2D eigenvalue weighted by Crippen LogP contribution is 2.42. The topological polar surface area (TPSA) is 89.7 Å². The summed E-state index contributed by atoms with van der Waals surface area (Å²) in [5.41, 5.74) is 5.45.